The highest BCUT2D eigenvalue weighted by atomic mass is 15.1. The predicted molar refractivity (Wildman–Crippen MR) is 128 cm³/mol. The van der Waals surface area contributed by atoms with E-state index in [1.165, 1.54) is 44.5 Å². The first-order valence-electron chi connectivity index (χ1n) is 10.4. The Labute approximate surface area is 179 Å². The fourth-order valence-electron chi connectivity index (χ4n) is 4.48. The Morgan fingerprint density at radius 1 is 0.733 bits per heavy atom. The molecule has 1 heterocycles. The molecular formula is C28H28N2. The van der Waals surface area contributed by atoms with Crippen molar-refractivity contribution in [3.63, 3.8) is 0 Å². The third-order valence-corrected chi connectivity index (χ3v) is 5.80. The van der Waals surface area contributed by atoms with Crippen LogP contribution in [0.1, 0.15) is 35.0 Å². The molecule has 0 unspecified atom stereocenters. The topological polar surface area (TPSA) is 17.8 Å². The second-order valence-electron chi connectivity index (χ2n) is 8.14. The van der Waals surface area contributed by atoms with Crippen molar-refractivity contribution >= 4 is 5.57 Å². The minimum Gasteiger partial charge on any atom is -0.299 e. The van der Waals surface area contributed by atoms with Crippen LogP contribution in [0.5, 0.6) is 0 Å². The number of rotatable bonds is 4. The first-order chi connectivity index (χ1) is 14.4. The van der Waals surface area contributed by atoms with Gasteiger partial charge in [0.1, 0.15) is 5.82 Å². The molecule has 0 atom stereocenters. The Morgan fingerprint density at radius 2 is 1.17 bits per heavy atom. The molecule has 0 saturated heterocycles. The minimum absolute atomic E-state index is 0.890. The molecule has 2 nitrogen and oxygen atoms in total. The number of aromatic nitrogens is 2. The zero-order chi connectivity index (χ0) is 21.4. The van der Waals surface area contributed by atoms with E-state index in [4.69, 9.17) is 0 Å². The summed E-state index contributed by atoms with van der Waals surface area (Å²) in [6.07, 6.45) is 3.91. The van der Waals surface area contributed by atoms with Gasteiger partial charge >= 0.3 is 0 Å². The van der Waals surface area contributed by atoms with Crippen molar-refractivity contribution < 1.29 is 0 Å². The largest absolute Gasteiger partial charge is 0.299 e. The quantitative estimate of drug-likeness (QED) is 0.352. The van der Waals surface area contributed by atoms with Crippen LogP contribution in [0, 0.1) is 27.7 Å². The second-order valence-corrected chi connectivity index (χ2v) is 8.14. The first-order valence-corrected chi connectivity index (χ1v) is 10.4. The van der Waals surface area contributed by atoms with Gasteiger partial charge < -0.3 is 0 Å². The van der Waals surface area contributed by atoms with E-state index in [1.807, 2.05) is 19.3 Å². The van der Waals surface area contributed by atoms with Crippen molar-refractivity contribution in [3.8, 4) is 27.9 Å². The maximum atomic E-state index is 4.61. The Kier molecular flexibility index (Phi) is 5.17. The number of para-hydroxylation sites is 1. The molecule has 0 saturated carbocycles. The van der Waals surface area contributed by atoms with Gasteiger partial charge in [-0.3, -0.25) is 4.57 Å². The monoisotopic (exact) mass is 392 g/mol. The molecular weight excluding hydrogens is 364 g/mol. The second kappa shape index (κ2) is 7.79. The lowest BCUT2D eigenvalue weighted by molar-refractivity contribution is 1.02. The van der Waals surface area contributed by atoms with Gasteiger partial charge in [0.2, 0.25) is 0 Å². The van der Waals surface area contributed by atoms with E-state index in [0.717, 1.165) is 17.1 Å². The number of hydrogen-bond donors (Lipinski definition) is 0. The fourth-order valence-corrected chi connectivity index (χ4v) is 4.48. The van der Waals surface area contributed by atoms with Crippen LogP contribution in [0.3, 0.4) is 0 Å². The van der Waals surface area contributed by atoms with E-state index in [0.29, 0.717) is 0 Å². The van der Waals surface area contributed by atoms with Gasteiger partial charge in [0.25, 0.3) is 0 Å². The van der Waals surface area contributed by atoms with Crippen LogP contribution in [-0.4, -0.2) is 9.55 Å². The number of allylic oxidation sites excluding steroid dienone is 1. The van der Waals surface area contributed by atoms with Crippen molar-refractivity contribution in [1.82, 2.24) is 9.55 Å². The molecule has 2 heteroatoms. The van der Waals surface area contributed by atoms with Gasteiger partial charge in [0.05, 0.1) is 5.69 Å². The maximum absolute atomic E-state index is 4.61. The fraction of sp³-hybridized carbons (Fsp3) is 0.179. The third-order valence-electron chi connectivity index (χ3n) is 5.80. The number of hydrogen-bond acceptors (Lipinski definition) is 1. The molecule has 0 spiro atoms. The van der Waals surface area contributed by atoms with Gasteiger partial charge in [-0.25, -0.2) is 4.98 Å². The zero-order valence-corrected chi connectivity index (χ0v) is 18.5. The molecule has 3 aromatic carbocycles. The summed E-state index contributed by atoms with van der Waals surface area (Å²) in [6, 6.07) is 19.6. The summed E-state index contributed by atoms with van der Waals surface area (Å²) in [7, 11) is 0. The Bertz CT molecular complexity index is 1150. The van der Waals surface area contributed by atoms with Crippen LogP contribution < -0.4 is 0 Å². The molecule has 4 rings (SSSR count). The van der Waals surface area contributed by atoms with Crippen LogP contribution in [-0.2, 0) is 0 Å². The standard InChI is InChI=1S/C28H28N2/c1-18(2)28-29-16-17-30(28)27-23(25-19(3)10-7-11-20(25)4)14-9-15-24(27)26-21(5)12-8-13-22(26)6/h7-17H,1H2,2-6H3. The maximum Gasteiger partial charge on any atom is 0.139 e. The summed E-state index contributed by atoms with van der Waals surface area (Å²) >= 11 is 0. The summed E-state index contributed by atoms with van der Waals surface area (Å²) in [5, 5.41) is 0. The minimum atomic E-state index is 0.890. The zero-order valence-electron chi connectivity index (χ0n) is 18.5. The van der Waals surface area contributed by atoms with Gasteiger partial charge in [-0.1, -0.05) is 61.2 Å². The summed E-state index contributed by atoms with van der Waals surface area (Å²) < 4.78 is 2.20. The van der Waals surface area contributed by atoms with Crippen LogP contribution in [0.15, 0.2) is 73.6 Å². The predicted octanol–water partition coefficient (Wildman–Crippen LogP) is 7.47. The van der Waals surface area contributed by atoms with E-state index in [1.54, 1.807) is 0 Å². The van der Waals surface area contributed by atoms with E-state index in [9.17, 15) is 0 Å². The molecule has 30 heavy (non-hydrogen) atoms. The highest BCUT2D eigenvalue weighted by molar-refractivity contribution is 5.89. The summed E-state index contributed by atoms with van der Waals surface area (Å²) in [6.45, 7) is 14.9. The molecule has 0 fully saturated rings. The molecule has 0 aliphatic rings. The summed E-state index contributed by atoms with van der Waals surface area (Å²) in [5.41, 5.74) is 12.2. The van der Waals surface area contributed by atoms with Gasteiger partial charge in [0.15, 0.2) is 0 Å². The molecule has 4 aromatic rings. The lowest BCUT2D eigenvalue weighted by atomic mass is 9.88. The SMILES string of the molecule is C=C(C)c1nccn1-c1c(-c2c(C)cccc2C)cccc1-c1c(C)cccc1C. The van der Waals surface area contributed by atoms with Crippen LogP contribution in [0.25, 0.3) is 33.5 Å². The number of benzene rings is 3. The van der Waals surface area contributed by atoms with Crippen molar-refractivity contribution in [1.29, 1.82) is 0 Å². The number of aryl methyl sites for hydroxylation is 4. The van der Waals surface area contributed by atoms with Crippen LogP contribution in [0.2, 0.25) is 0 Å². The van der Waals surface area contributed by atoms with Crippen molar-refractivity contribution in [3.05, 3.63) is 102 Å². The Hall–Kier alpha value is -3.39. The molecule has 0 bridgehead atoms. The summed E-state index contributed by atoms with van der Waals surface area (Å²) in [5.74, 6) is 0.890. The third kappa shape index (κ3) is 3.29. The molecule has 0 aliphatic carbocycles. The van der Waals surface area contributed by atoms with Crippen LogP contribution in [0.4, 0.5) is 0 Å². The molecule has 1 aromatic heterocycles. The van der Waals surface area contributed by atoms with E-state index >= 15 is 0 Å². The lowest BCUT2D eigenvalue weighted by Gasteiger charge is -2.22. The molecule has 0 radical (unpaired) electrons. The lowest BCUT2D eigenvalue weighted by Crippen LogP contribution is -2.05. The van der Waals surface area contributed by atoms with Crippen molar-refractivity contribution in [2.45, 2.75) is 34.6 Å². The van der Waals surface area contributed by atoms with E-state index < -0.39 is 0 Å². The first kappa shape index (κ1) is 19.9. The average Bonchev–Trinajstić information content (AvgIpc) is 3.18. The van der Waals surface area contributed by atoms with E-state index in [2.05, 4.69) is 98.4 Å². The highest BCUT2D eigenvalue weighted by Crippen LogP contribution is 2.41. The molecule has 0 N–H and O–H groups in total. The highest BCUT2D eigenvalue weighted by Gasteiger charge is 2.20. The molecule has 0 aliphatic heterocycles. The normalized spacial score (nSPS) is 11.0. The molecule has 150 valence electrons. The average molecular weight is 393 g/mol. The van der Waals surface area contributed by atoms with Crippen molar-refractivity contribution in [2.24, 2.45) is 0 Å². The van der Waals surface area contributed by atoms with E-state index in [-0.39, 0.29) is 0 Å². The molecule has 0 amide bonds. The van der Waals surface area contributed by atoms with Gasteiger partial charge in [-0.05, 0) is 73.6 Å². The Balaban J connectivity index is 2.16. The smallest absolute Gasteiger partial charge is 0.139 e. The number of imidazole rings is 1. The number of nitrogens with zero attached hydrogens (tertiary/aromatic N) is 2. The Morgan fingerprint density at radius 3 is 1.60 bits per heavy atom. The van der Waals surface area contributed by atoms with Crippen molar-refractivity contribution in [2.75, 3.05) is 0 Å². The van der Waals surface area contributed by atoms with Gasteiger partial charge in [0, 0.05) is 23.5 Å². The summed E-state index contributed by atoms with van der Waals surface area (Å²) in [4.78, 5) is 4.61. The van der Waals surface area contributed by atoms with Gasteiger partial charge in [-0.2, -0.15) is 0 Å². The van der Waals surface area contributed by atoms with Crippen LogP contribution >= 0.6 is 0 Å². The van der Waals surface area contributed by atoms with Gasteiger partial charge in [-0.15, -0.1) is 0 Å².